The number of aromatic nitrogens is 1. The first-order valence-corrected chi connectivity index (χ1v) is 6.07. The zero-order valence-corrected chi connectivity index (χ0v) is 10.7. The topological polar surface area (TPSA) is 127 Å². The van der Waals surface area contributed by atoms with E-state index in [9.17, 15) is 0 Å². The number of pyridine rings is 1. The Kier molecular flexibility index (Phi) is 2.78. The van der Waals surface area contributed by atoms with Gasteiger partial charge in [0.05, 0.1) is 5.69 Å². The van der Waals surface area contributed by atoms with Gasteiger partial charge in [0.15, 0.2) is 0 Å². The Bertz CT molecular complexity index is 665. The molecule has 2 heterocycles. The number of nitrogens with one attached hydrogen (secondary N) is 2. The first-order valence-electron chi connectivity index (χ1n) is 6.07. The fraction of sp³-hybridized carbons (Fsp3) is 0.0769. The highest BCUT2D eigenvalue weighted by atomic mass is 15.6. The second-order valence-corrected chi connectivity index (χ2v) is 4.57. The molecule has 102 valence electrons. The number of benzene rings is 1. The molecule has 0 spiro atoms. The lowest BCUT2D eigenvalue weighted by atomic mass is 10.1. The van der Waals surface area contributed by atoms with E-state index in [1.165, 1.54) is 0 Å². The molecule has 0 amide bonds. The fourth-order valence-electron chi connectivity index (χ4n) is 2.03. The maximum Gasteiger partial charge on any atom is 0.210 e. The van der Waals surface area contributed by atoms with Crippen LogP contribution in [-0.4, -0.2) is 10.9 Å². The van der Waals surface area contributed by atoms with Crippen LogP contribution in [0, 0.1) is 0 Å². The van der Waals surface area contributed by atoms with Crippen molar-refractivity contribution in [3.8, 4) is 11.3 Å². The number of nitrogen functional groups attached to an aromatic ring is 1. The van der Waals surface area contributed by atoms with E-state index in [4.69, 9.17) is 17.2 Å². The van der Waals surface area contributed by atoms with Gasteiger partial charge in [0.2, 0.25) is 11.7 Å². The average Bonchev–Trinajstić information content (AvgIpc) is 2.80. The smallest absolute Gasteiger partial charge is 0.210 e. The highest BCUT2D eigenvalue weighted by molar-refractivity contribution is 5.79. The zero-order valence-electron chi connectivity index (χ0n) is 10.7. The van der Waals surface area contributed by atoms with Crippen molar-refractivity contribution >= 4 is 11.6 Å². The Morgan fingerprint density at radius 1 is 1.10 bits per heavy atom. The highest BCUT2D eigenvalue weighted by Crippen LogP contribution is 2.23. The molecule has 0 radical (unpaired) electrons. The molecule has 1 unspecified atom stereocenters. The minimum atomic E-state index is -1.09. The molecule has 20 heavy (non-hydrogen) atoms. The number of hydrogen-bond donors (Lipinski definition) is 5. The Morgan fingerprint density at radius 3 is 2.55 bits per heavy atom. The number of nitrogens with zero attached hydrogens (tertiary/aromatic N) is 2. The van der Waals surface area contributed by atoms with Crippen molar-refractivity contribution in [1.82, 2.24) is 15.8 Å². The van der Waals surface area contributed by atoms with Crippen LogP contribution >= 0.6 is 0 Å². The summed E-state index contributed by atoms with van der Waals surface area (Å²) in [6, 6.07) is 11.2. The Hall–Kier alpha value is -2.64. The van der Waals surface area contributed by atoms with Gasteiger partial charge in [-0.3, -0.25) is 16.1 Å². The molecule has 8 N–H and O–H groups in total. The molecule has 0 bridgehead atoms. The molecule has 1 aliphatic heterocycles. The first-order chi connectivity index (χ1) is 9.57. The van der Waals surface area contributed by atoms with Gasteiger partial charge in [0.1, 0.15) is 0 Å². The number of aliphatic imine (C=N–C) groups is 1. The van der Waals surface area contributed by atoms with Crippen LogP contribution in [-0.2, 0) is 5.79 Å². The molecule has 0 saturated heterocycles. The average molecular weight is 269 g/mol. The van der Waals surface area contributed by atoms with E-state index in [-0.39, 0.29) is 5.96 Å². The van der Waals surface area contributed by atoms with Crippen LogP contribution in [0.1, 0.15) is 5.56 Å². The summed E-state index contributed by atoms with van der Waals surface area (Å²) in [5.74, 6) is -0.849. The summed E-state index contributed by atoms with van der Waals surface area (Å²) < 4.78 is 0. The summed E-state index contributed by atoms with van der Waals surface area (Å²) in [5.41, 5.74) is 26.0. The maximum atomic E-state index is 6.08. The number of rotatable bonds is 2. The third kappa shape index (κ3) is 2.15. The van der Waals surface area contributed by atoms with Crippen molar-refractivity contribution < 1.29 is 0 Å². The van der Waals surface area contributed by atoms with Crippen molar-refractivity contribution in [3.05, 3.63) is 48.2 Å². The van der Waals surface area contributed by atoms with Crippen LogP contribution in [0.4, 0.5) is 5.69 Å². The van der Waals surface area contributed by atoms with E-state index in [0.29, 0.717) is 11.3 Å². The highest BCUT2D eigenvalue weighted by Gasteiger charge is 2.31. The van der Waals surface area contributed by atoms with Gasteiger partial charge in [-0.05, 0) is 18.2 Å². The molecule has 7 nitrogen and oxygen atoms in total. The van der Waals surface area contributed by atoms with E-state index in [2.05, 4.69) is 20.8 Å². The Balaban J connectivity index is 1.92. The monoisotopic (exact) mass is 269 g/mol. The van der Waals surface area contributed by atoms with Crippen LogP contribution in [0.25, 0.3) is 11.3 Å². The summed E-state index contributed by atoms with van der Waals surface area (Å²) in [7, 11) is 0. The molecule has 1 atom stereocenters. The summed E-state index contributed by atoms with van der Waals surface area (Å²) in [6.45, 7) is 0. The summed E-state index contributed by atoms with van der Waals surface area (Å²) in [5, 5.41) is 0. The molecule has 3 rings (SSSR count). The van der Waals surface area contributed by atoms with Crippen LogP contribution in [0.2, 0.25) is 0 Å². The van der Waals surface area contributed by atoms with E-state index >= 15 is 0 Å². The van der Waals surface area contributed by atoms with E-state index in [1.807, 2.05) is 36.4 Å². The van der Waals surface area contributed by atoms with Crippen molar-refractivity contribution in [2.75, 3.05) is 5.73 Å². The van der Waals surface area contributed by atoms with E-state index in [0.717, 1.165) is 11.3 Å². The molecule has 0 fully saturated rings. The minimum Gasteiger partial charge on any atom is -0.399 e. The largest absolute Gasteiger partial charge is 0.399 e. The Morgan fingerprint density at radius 2 is 1.95 bits per heavy atom. The van der Waals surface area contributed by atoms with Crippen molar-refractivity contribution in [2.45, 2.75) is 5.79 Å². The van der Waals surface area contributed by atoms with Crippen LogP contribution in [0.3, 0.4) is 0 Å². The molecule has 1 aliphatic rings. The minimum absolute atomic E-state index is 0.243. The van der Waals surface area contributed by atoms with E-state index in [1.54, 1.807) is 6.20 Å². The summed E-state index contributed by atoms with van der Waals surface area (Å²) in [4.78, 5) is 8.49. The normalized spacial score (nSPS) is 21.4. The van der Waals surface area contributed by atoms with Gasteiger partial charge in [-0.25, -0.2) is 4.99 Å². The maximum absolute atomic E-state index is 6.08. The lowest BCUT2D eigenvalue weighted by Gasteiger charge is -2.20. The second-order valence-electron chi connectivity index (χ2n) is 4.57. The van der Waals surface area contributed by atoms with Crippen LogP contribution in [0.15, 0.2) is 47.6 Å². The third-order valence-electron chi connectivity index (χ3n) is 3.06. The van der Waals surface area contributed by atoms with Crippen LogP contribution < -0.4 is 28.1 Å². The summed E-state index contributed by atoms with van der Waals surface area (Å²) >= 11 is 0. The first kappa shape index (κ1) is 12.4. The predicted octanol–water partition coefficient (Wildman–Crippen LogP) is -0.178. The molecule has 1 aromatic heterocycles. The number of hydrogen-bond acceptors (Lipinski definition) is 7. The van der Waals surface area contributed by atoms with Gasteiger partial charge in [0.25, 0.3) is 0 Å². The molecule has 2 aromatic rings. The third-order valence-corrected chi connectivity index (χ3v) is 3.06. The lowest BCUT2D eigenvalue weighted by Crippen LogP contribution is -2.50. The van der Waals surface area contributed by atoms with E-state index < -0.39 is 5.79 Å². The molecular formula is C13H15N7. The van der Waals surface area contributed by atoms with Crippen molar-refractivity contribution in [1.29, 1.82) is 0 Å². The number of hydrazine groups is 1. The number of anilines is 1. The molecule has 7 heteroatoms. The standard InChI is InChI=1S/C13H15N7/c14-10-3-1-2-8(6-10)11-5-4-9(7-17-11)13(16)18-12(15)19-20-13/h1-7,20H,14,16H2,(H3,15,18,19). The van der Waals surface area contributed by atoms with Gasteiger partial charge in [-0.1, -0.05) is 18.2 Å². The molecule has 1 aromatic carbocycles. The van der Waals surface area contributed by atoms with Gasteiger partial charge in [-0.2, -0.15) is 5.43 Å². The number of guanidine groups is 1. The summed E-state index contributed by atoms with van der Waals surface area (Å²) in [6.07, 6.45) is 1.66. The molecular weight excluding hydrogens is 254 g/mol. The van der Waals surface area contributed by atoms with Crippen molar-refractivity contribution in [3.63, 3.8) is 0 Å². The van der Waals surface area contributed by atoms with Gasteiger partial charge in [-0.15, -0.1) is 0 Å². The van der Waals surface area contributed by atoms with Crippen LogP contribution in [0.5, 0.6) is 0 Å². The molecule has 0 aliphatic carbocycles. The van der Waals surface area contributed by atoms with Gasteiger partial charge >= 0.3 is 0 Å². The predicted molar refractivity (Wildman–Crippen MR) is 77.8 cm³/mol. The lowest BCUT2D eigenvalue weighted by molar-refractivity contribution is 0.374. The van der Waals surface area contributed by atoms with Crippen molar-refractivity contribution in [2.24, 2.45) is 16.5 Å². The fourth-order valence-corrected chi connectivity index (χ4v) is 2.03. The molecule has 0 saturated carbocycles. The SMILES string of the molecule is NC1=NC(N)(c2ccc(-c3cccc(N)c3)nc2)NN1. The van der Waals surface area contributed by atoms with Gasteiger partial charge in [0, 0.05) is 23.0 Å². The zero-order chi connectivity index (χ0) is 14.2. The number of nitrogens with two attached hydrogens (primary N) is 3. The van der Waals surface area contributed by atoms with Gasteiger partial charge < -0.3 is 11.5 Å². The quantitative estimate of drug-likeness (QED) is 0.481. The Labute approximate surface area is 115 Å². The second kappa shape index (κ2) is 4.48.